The van der Waals surface area contributed by atoms with Crippen LogP contribution in [0.4, 0.5) is 9.59 Å². The van der Waals surface area contributed by atoms with E-state index in [-0.39, 0.29) is 37.6 Å². The molecule has 4 atom stereocenters. The molecule has 35 heavy (non-hydrogen) atoms. The standard InChI is InChI=1S/C26H25NO8/c28-17-7-8-26(31)19-11-16-5-6-18(34-24(30)33-13-15-3-4-15)21-20(16)25(26,22(17)35-21)9-10-27(19)23(29)32-12-14-1-2-14/h1,3,5-6,19,22,31H,2,4,7-13H2/t19-,22+,25?,26?/m1/s1. The van der Waals surface area contributed by atoms with Gasteiger partial charge in [0.05, 0.1) is 17.1 Å². The molecule has 0 radical (unpaired) electrons. The number of likely N-dealkylation sites (tertiary alicyclic amines) is 1. The molecule has 2 aliphatic heterocycles. The summed E-state index contributed by atoms with van der Waals surface area (Å²) in [7, 11) is 0. The maximum atomic E-state index is 13.1. The van der Waals surface area contributed by atoms with Gasteiger partial charge in [-0.15, -0.1) is 0 Å². The van der Waals surface area contributed by atoms with Gasteiger partial charge < -0.3 is 29.0 Å². The molecule has 9 heteroatoms. The summed E-state index contributed by atoms with van der Waals surface area (Å²) in [6.45, 7) is 0.791. The summed E-state index contributed by atoms with van der Waals surface area (Å²) in [5, 5.41) is 12.2. The fourth-order valence-electron chi connectivity index (χ4n) is 6.50. The van der Waals surface area contributed by atoms with Crippen molar-refractivity contribution < 1.29 is 38.4 Å². The van der Waals surface area contributed by atoms with Gasteiger partial charge in [0.25, 0.3) is 0 Å². The maximum absolute atomic E-state index is 13.1. The van der Waals surface area contributed by atoms with Crippen molar-refractivity contribution in [2.45, 2.75) is 61.7 Å². The van der Waals surface area contributed by atoms with Gasteiger partial charge in [-0.3, -0.25) is 4.79 Å². The number of ether oxygens (including phenoxy) is 4. The first-order chi connectivity index (χ1) is 16.9. The molecule has 2 unspecified atom stereocenters. The van der Waals surface area contributed by atoms with E-state index < -0.39 is 35.4 Å². The van der Waals surface area contributed by atoms with Crippen molar-refractivity contribution in [3.05, 3.63) is 46.6 Å². The van der Waals surface area contributed by atoms with Crippen LogP contribution in [-0.4, -0.2) is 65.5 Å². The highest BCUT2D eigenvalue weighted by molar-refractivity contribution is 5.90. The molecular formula is C26H25NO8. The zero-order valence-electron chi connectivity index (χ0n) is 19.1. The van der Waals surface area contributed by atoms with Crippen molar-refractivity contribution in [2.75, 3.05) is 19.8 Å². The van der Waals surface area contributed by atoms with Gasteiger partial charge in [0, 0.05) is 18.5 Å². The number of hydrogen-bond donors (Lipinski definition) is 1. The van der Waals surface area contributed by atoms with E-state index in [1.54, 1.807) is 11.0 Å². The number of hydrogen-bond acceptors (Lipinski definition) is 8. The number of carbonyl (C=O) groups is 3. The number of carbonyl (C=O) groups excluding carboxylic acids is 3. The van der Waals surface area contributed by atoms with E-state index >= 15 is 0 Å². The molecule has 2 fully saturated rings. The second-order valence-electron chi connectivity index (χ2n) is 10.3. The Morgan fingerprint density at radius 2 is 1.86 bits per heavy atom. The molecule has 1 amide bonds. The lowest BCUT2D eigenvalue weighted by atomic mass is 9.49. The monoisotopic (exact) mass is 479 g/mol. The number of Topliss-reactive ketones (excluding diaryl/α,β-unsaturated/α-hetero) is 1. The summed E-state index contributed by atoms with van der Waals surface area (Å²) in [5.74, 6) is 0.401. The molecule has 7 rings (SSSR count). The first-order valence-corrected chi connectivity index (χ1v) is 12.1. The SMILES string of the molecule is O=C(OCC1=CC1)Oc1ccc2c3c1O[C@H]1C(=O)CCC4(O)[C@@H](C2)N(C(=O)OCC2=CC2)CCC314. The van der Waals surface area contributed by atoms with E-state index in [1.165, 1.54) is 0 Å². The predicted molar refractivity (Wildman–Crippen MR) is 119 cm³/mol. The Bertz CT molecular complexity index is 1250. The van der Waals surface area contributed by atoms with E-state index in [0.29, 0.717) is 25.1 Å². The first kappa shape index (κ1) is 21.0. The second-order valence-corrected chi connectivity index (χ2v) is 10.3. The molecular weight excluding hydrogens is 454 g/mol. The number of benzene rings is 1. The molecule has 9 nitrogen and oxygen atoms in total. The number of allylic oxidation sites excluding steroid dienone is 2. The van der Waals surface area contributed by atoms with E-state index in [2.05, 4.69) is 0 Å². The Labute approximate surface area is 201 Å². The Kier molecular flexibility index (Phi) is 4.26. The van der Waals surface area contributed by atoms with Gasteiger partial charge in [-0.25, -0.2) is 9.59 Å². The van der Waals surface area contributed by atoms with Crippen molar-refractivity contribution in [3.63, 3.8) is 0 Å². The molecule has 1 N–H and O–H groups in total. The van der Waals surface area contributed by atoms with Crippen LogP contribution in [0, 0.1) is 0 Å². The fourth-order valence-corrected chi connectivity index (χ4v) is 6.50. The van der Waals surface area contributed by atoms with Gasteiger partial charge in [0.2, 0.25) is 0 Å². The summed E-state index contributed by atoms with van der Waals surface area (Å²) in [6, 6.07) is 2.92. The van der Waals surface area contributed by atoms with Crippen molar-refractivity contribution in [1.82, 2.24) is 4.90 Å². The molecule has 6 aliphatic rings. The van der Waals surface area contributed by atoms with Crippen LogP contribution >= 0.6 is 0 Å². The van der Waals surface area contributed by atoms with Crippen molar-refractivity contribution in [3.8, 4) is 11.5 Å². The highest BCUT2D eigenvalue weighted by atomic mass is 16.7. The number of rotatable bonds is 5. The van der Waals surface area contributed by atoms with Crippen LogP contribution in [0.2, 0.25) is 0 Å². The van der Waals surface area contributed by atoms with Crippen LogP contribution in [0.3, 0.4) is 0 Å². The third-order valence-corrected chi connectivity index (χ3v) is 8.41. The summed E-state index contributed by atoms with van der Waals surface area (Å²) < 4.78 is 22.4. The molecule has 182 valence electrons. The average Bonchev–Trinajstić information content (AvgIpc) is 3.76. The van der Waals surface area contributed by atoms with Gasteiger partial charge in [-0.1, -0.05) is 18.2 Å². The van der Waals surface area contributed by atoms with Gasteiger partial charge in [-0.2, -0.15) is 0 Å². The summed E-state index contributed by atoms with van der Waals surface area (Å²) in [6.07, 6.45) is 4.61. The van der Waals surface area contributed by atoms with Gasteiger partial charge in [-0.05, 0) is 54.9 Å². The normalized spacial score (nSPS) is 32.6. The number of nitrogens with zero attached hydrogens (tertiary/aromatic N) is 1. The van der Waals surface area contributed by atoms with Crippen LogP contribution < -0.4 is 9.47 Å². The number of amides is 1. The quantitative estimate of drug-likeness (QED) is 0.390. The minimum atomic E-state index is -1.36. The first-order valence-electron chi connectivity index (χ1n) is 12.1. The predicted octanol–water partition coefficient (Wildman–Crippen LogP) is 2.72. The van der Waals surface area contributed by atoms with Crippen LogP contribution in [0.1, 0.15) is 43.2 Å². The lowest BCUT2D eigenvalue weighted by Crippen LogP contribution is -2.77. The molecule has 1 saturated heterocycles. The average molecular weight is 479 g/mol. The molecule has 1 aromatic carbocycles. The van der Waals surface area contributed by atoms with Crippen molar-refractivity contribution in [2.24, 2.45) is 0 Å². The molecule has 0 aromatic heterocycles. The fraction of sp³-hybridized carbons (Fsp3) is 0.500. The molecule has 4 aliphatic carbocycles. The topological polar surface area (TPSA) is 112 Å². The molecule has 1 spiro atoms. The highest BCUT2D eigenvalue weighted by Gasteiger charge is 2.73. The van der Waals surface area contributed by atoms with E-state index in [4.69, 9.17) is 18.9 Å². The highest BCUT2D eigenvalue weighted by Crippen LogP contribution is 2.65. The summed E-state index contributed by atoms with van der Waals surface area (Å²) in [4.78, 5) is 40.0. The maximum Gasteiger partial charge on any atom is 0.514 e. The minimum absolute atomic E-state index is 0.0941. The summed E-state index contributed by atoms with van der Waals surface area (Å²) >= 11 is 0. The van der Waals surface area contributed by atoms with Gasteiger partial charge in [0.1, 0.15) is 13.2 Å². The summed E-state index contributed by atoms with van der Waals surface area (Å²) in [5.41, 5.74) is 1.36. The lowest BCUT2D eigenvalue weighted by molar-refractivity contribution is -0.183. The molecule has 1 aromatic rings. The molecule has 1 saturated carbocycles. The second kappa shape index (κ2) is 7.10. The Hall–Kier alpha value is -3.33. The van der Waals surface area contributed by atoms with Crippen molar-refractivity contribution in [1.29, 1.82) is 0 Å². The molecule has 2 heterocycles. The largest absolute Gasteiger partial charge is 0.514 e. The third-order valence-electron chi connectivity index (χ3n) is 8.41. The van der Waals surface area contributed by atoms with Crippen LogP contribution in [0.5, 0.6) is 11.5 Å². The number of aliphatic hydroxyl groups is 1. The number of ketones is 1. The Morgan fingerprint density at radius 1 is 1.11 bits per heavy atom. The van der Waals surface area contributed by atoms with E-state index in [0.717, 1.165) is 35.1 Å². The van der Waals surface area contributed by atoms with E-state index in [9.17, 15) is 19.5 Å². The minimum Gasteiger partial charge on any atom is -0.477 e. The van der Waals surface area contributed by atoms with Gasteiger partial charge in [0.15, 0.2) is 23.4 Å². The zero-order valence-corrected chi connectivity index (χ0v) is 19.1. The smallest absolute Gasteiger partial charge is 0.477 e. The zero-order chi connectivity index (χ0) is 23.9. The van der Waals surface area contributed by atoms with Crippen LogP contribution in [0.15, 0.2) is 35.4 Å². The van der Waals surface area contributed by atoms with Crippen molar-refractivity contribution >= 4 is 18.0 Å². The lowest BCUT2D eigenvalue weighted by Gasteiger charge is -2.61. The van der Waals surface area contributed by atoms with Crippen LogP contribution in [-0.2, 0) is 26.1 Å². The Morgan fingerprint density at radius 3 is 2.60 bits per heavy atom. The van der Waals surface area contributed by atoms with E-state index in [1.807, 2.05) is 18.2 Å². The molecule has 2 bridgehead atoms. The van der Waals surface area contributed by atoms with Crippen LogP contribution in [0.25, 0.3) is 0 Å². The number of piperidine rings is 1. The van der Waals surface area contributed by atoms with Gasteiger partial charge >= 0.3 is 12.2 Å². The third kappa shape index (κ3) is 2.94. The Balaban J connectivity index is 1.25.